The highest BCUT2D eigenvalue weighted by atomic mass is 32.1. The largest absolute Gasteiger partial charge is 0.366 e. The Kier molecular flexibility index (Phi) is 4.52. The quantitative estimate of drug-likeness (QED) is 0.889. The molecule has 20 heavy (non-hydrogen) atoms. The van der Waals surface area contributed by atoms with Crippen LogP contribution in [0.15, 0.2) is 29.6 Å². The monoisotopic (exact) mass is 292 g/mol. The highest BCUT2D eigenvalue weighted by Gasteiger charge is 2.09. The molecule has 1 aromatic heterocycles. The zero-order valence-electron chi connectivity index (χ0n) is 11.4. The number of nitrogens with two attached hydrogens (primary N) is 1. The van der Waals surface area contributed by atoms with Crippen LogP contribution >= 0.6 is 11.3 Å². The fraction of sp³-hybridized carbons (Fsp3) is 0.267. The zero-order valence-corrected chi connectivity index (χ0v) is 12.3. The van der Waals surface area contributed by atoms with E-state index < -0.39 is 5.91 Å². The van der Waals surface area contributed by atoms with Gasteiger partial charge in [-0.3, -0.25) is 4.79 Å². The van der Waals surface area contributed by atoms with Gasteiger partial charge in [0.15, 0.2) is 0 Å². The normalized spacial score (nSPS) is 12.3. The maximum atomic E-state index is 13.5. The second kappa shape index (κ2) is 6.15. The van der Waals surface area contributed by atoms with Gasteiger partial charge in [0.1, 0.15) is 5.82 Å². The van der Waals surface area contributed by atoms with Crippen molar-refractivity contribution in [3.8, 4) is 0 Å². The number of thiophene rings is 1. The summed E-state index contributed by atoms with van der Waals surface area (Å²) in [4.78, 5) is 12.0. The molecule has 0 aliphatic carbocycles. The molecule has 1 atom stereocenters. The van der Waals surface area contributed by atoms with Crippen molar-refractivity contribution in [2.75, 3.05) is 0 Å². The molecule has 1 amide bonds. The van der Waals surface area contributed by atoms with Crippen LogP contribution in [-0.4, -0.2) is 5.91 Å². The number of halogens is 1. The van der Waals surface area contributed by atoms with Crippen LogP contribution < -0.4 is 11.1 Å². The lowest BCUT2D eigenvalue weighted by Gasteiger charge is -2.14. The van der Waals surface area contributed by atoms with Gasteiger partial charge >= 0.3 is 0 Å². The van der Waals surface area contributed by atoms with Gasteiger partial charge in [-0.05, 0) is 37.1 Å². The summed E-state index contributed by atoms with van der Waals surface area (Å²) < 4.78 is 13.5. The molecule has 5 heteroatoms. The highest BCUT2D eigenvalue weighted by molar-refractivity contribution is 7.10. The fourth-order valence-electron chi connectivity index (χ4n) is 1.85. The predicted molar refractivity (Wildman–Crippen MR) is 79.2 cm³/mol. The fourth-order valence-corrected chi connectivity index (χ4v) is 2.68. The molecule has 0 radical (unpaired) electrons. The molecule has 0 spiro atoms. The molecule has 106 valence electrons. The molecular weight excluding hydrogens is 275 g/mol. The lowest BCUT2D eigenvalue weighted by atomic mass is 10.1. The minimum absolute atomic E-state index is 0.0317. The lowest BCUT2D eigenvalue weighted by molar-refractivity contribution is 0.100. The number of rotatable bonds is 5. The van der Waals surface area contributed by atoms with Gasteiger partial charge in [0.25, 0.3) is 0 Å². The maximum absolute atomic E-state index is 13.5. The van der Waals surface area contributed by atoms with Gasteiger partial charge in [-0.15, -0.1) is 11.3 Å². The van der Waals surface area contributed by atoms with Crippen LogP contribution in [0, 0.1) is 12.7 Å². The van der Waals surface area contributed by atoms with Gasteiger partial charge in [0, 0.05) is 22.8 Å². The average molecular weight is 292 g/mol. The first kappa shape index (κ1) is 14.7. The van der Waals surface area contributed by atoms with Crippen LogP contribution in [0.1, 0.15) is 39.3 Å². The Balaban J connectivity index is 1.98. The zero-order chi connectivity index (χ0) is 14.7. The van der Waals surface area contributed by atoms with Gasteiger partial charge in [0.05, 0.1) is 5.56 Å². The summed E-state index contributed by atoms with van der Waals surface area (Å²) in [6.07, 6.45) is 0. The number of amides is 1. The molecule has 2 aromatic rings. The highest BCUT2D eigenvalue weighted by Crippen LogP contribution is 2.19. The smallest absolute Gasteiger partial charge is 0.249 e. The third-order valence-corrected chi connectivity index (χ3v) is 4.15. The van der Waals surface area contributed by atoms with Gasteiger partial charge in [0.2, 0.25) is 5.91 Å². The van der Waals surface area contributed by atoms with Crippen LogP contribution in [0.5, 0.6) is 0 Å². The van der Waals surface area contributed by atoms with Crippen molar-refractivity contribution in [1.82, 2.24) is 5.32 Å². The minimum atomic E-state index is -0.416. The Morgan fingerprint density at radius 2 is 2.20 bits per heavy atom. The van der Waals surface area contributed by atoms with E-state index in [0.29, 0.717) is 17.7 Å². The molecule has 3 nitrogen and oxygen atoms in total. The van der Waals surface area contributed by atoms with E-state index in [-0.39, 0.29) is 11.9 Å². The summed E-state index contributed by atoms with van der Waals surface area (Å²) in [5.41, 5.74) is 7.29. The second-order valence-electron chi connectivity index (χ2n) is 4.78. The SMILES string of the molecule is Cc1ccc(C(C)NCc2cc(C(N)=O)cs2)cc1F. The Labute approximate surface area is 121 Å². The number of benzene rings is 1. The first-order valence-electron chi connectivity index (χ1n) is 6.34. The van der Waals surface area contributed by atoms with E-state index in [1.54, 1.807) is 30.5 Å². The van der Waals surface area contributed by atoms with Gasteiger partial charge < -0.3 is 11.1 Å². The number of nitrogens with one attached hydrogen (secondary N) is 1. The molecular formula is C15H17FN2OS. The molecule has 0 aliphatic heterocycles. The number of hydrogen-bond donors (Lipinski definition) is 2. The number of primary amides is 1. The lowest BCUT2D eigenvalue weighted by Crippen LogP contribution is -2.17. The summed E-state index contributed by atoms with van der Waals surface area (Å²) in [6.45, 7) is 4.34. The third kappa shape index (κ3) is 3.43. The van der Waals surface area contributed by atoms with Crippen LogP contribution in [0.3, 0.4) is 0 Å². The third-order valence-electron chi connectivity index (χ3n) is 3.22. The number of carbonyl (C=O) groups excluding carboxylic acids is 1. The standard InChI is InChI=1S/C15H17FN2OS/c1-9-3-4-11(6-14(9)16)10(2)18-7-13-5-12(8-20-13)15(17)19/h3-6,8,10,18H,7H2,1-2H3,(H2,17,19). The number of carbonyl (C=O) groups is 1. The molecule has 0 aliphatic rings. The van der Waals surface area contributed by atoms with Crippen LogP contribution in [-0.2, 0) is 6.54 Å². The Morgan fingerprint density at radius 3 is 2.80 bits per heavy atom. The van der Waals surface area contributed by atoms with Crippen LogP contribution in [0.4, 0.5) is 4.39 Å². The van der Waals surface area contributed by atoms with E-state index in [1.165, 1.54) is 11.3 Å². The summed E-state index contributed by atoms with van der Waals surface area (Å²) >= 11 is 1.48. The van der Waals surface area contributed by atoms with Crippen molar-refractivity contribution in [2.24, 2.45) is 5.73 Å². The predicted octanol–water partition coefficient (Wildman–Crippen LogP) is 3.15. The average Bonchev–Trinajstić information content (AvgIpc) is 2.88. The first-order chi connectivity index (χ1) is 9.47. The van der Waals surface area contributed by atoms with Gasteiger partial charge in [-0.1, -0.05) is 12.1 Å². The van der Waals surface area contributed by atoms with E-state index in [4.69, 9.17) is 5.73 Å². The van der Waals surface area contributed by atoms with E-state index in [1.807, 2.05) is 13.0 Å². The van der Waals surface area contributed by atoms with Crippen molar-refractivity contribution >= 4 is 17.2 Å². The molecule has 0 saturated carbocycles. The Hall–Kier alpha value is -1.72. The number of aryl methyl sites for hydroxylation is 1. The summed E-state index contributed by atoms with van der Waals surface area (Å²) in [5.74, 6) is -0.607. The second-order valence-corrected chi connectivity index (χ2v) is 5.77. The molecule has 1 heterocycles. The van der Waals surface area contributed by atoms with E-state index in [9.17, 15) is 9.18 Å². The molecule has 0 saturated heterocycles. The van der Waals surface area contributed by atoms with Crippen molar-refractivity contribution < 1.29 is 9.18 Å². The van der Waals surface area contributed by atoms with Crippen molar-refractivity contribution in [1.29, 1.82) is 0 Å². The first-order valence-corrected chi connectivity index (χ1v) is 7.22. The molecule has 1 aromatic carbocycles. The maximum Gasteiger partial charge on any atom is 0.249 e. The molecule has 0 fully saturated rings. The van der Waals surface area contributed by atoms with Crippen LogP contribution in [0.25, 0.3) is 0 Å². The van der Waals surface area contributed by atoms with Gasteiger partial charge in [-0.2, -0.15) is 0 Å². The van der Waals surface area contributed by atoms with Crippen LogP contribution in [0.2, 0.25) is 0 Å². The molecule has 2 rings (SSSR count). The Bertz CT molecular complexity index is 624. The van der Waals surface area contributed by atoms with E-state index in [0.717, 1.165) is 10.4 Å². The summed E-state index contributed by atoms with van der Waals surface area (Å²) in [6, 6.07) is 7.06. The molecule has 0 bridgehead atoms. The molecule has 3 N–H and O–H groups in total. The molecule has 1 unspecified atom stereocenters. The van der Waals surface area contributed by atoms with E-state index >= 15 is 0 Å². The summed E-state index contributed by atoms with van der Waals surface area (Å²) in [5, 5.41) is 5.05. The topological polar surface area (TPSA) is 55.1 Å². The van der Waals surface area contributed by atoms with Gasteiger partial charge in [-0.25, -0.2) is 4.39 Å². The van der Waals surface area contributed by atoms with Crippen molar-refractivity contribution in [2.45, 2.75) is 26.4 Å². The van der Waals surface area contributed by atoms with E-state index in [2.05, 4.69) is 5.32 Å². The Morgan fingerprint density at radius 1 is 1.45 bits per heavy atom. The van der Waals surface area contributed by atoms with Crippen molar-refractivity contribution in [3.05, 3.63) is 57.0 Å². The minimum Gasteiger partial charge on any atom is -0.366 e. The number of hydrogen-bond acceptors (Lipinski definition) is 3. The van der Waals surface area contributed by atoms with Crippen molar-refractivity contribution in [3.63, 3.8) is 0 Å². The summed E-state index contributed by atoms with van der Waals surface area (Å²) in [7, 11) is 0.